The van der Waals surface area contributed by atoms with Crippen molar-refractivity contribution in [3.8, 4) is 11.5 Å². The first kappa shape index (κ1) is 26.5. The molecular weight excluding hydrogens is 561 g/mol. The van der Waals surface area contributed by atoms with Crippen molar-refractivity contribution in [1.29, 1.82) is 0 Å². The molecule has 1 aliphatic rings. The predicted molar refractivity (Wildman–Crippen MR) is 147 cm³/mol. The first-order chi connectivity index (χ1) is 17.9. The molecule has 6 nitrogen and oxygen atoms in total. The van der Waals surface area contributed by atoms with Crippen molar-refractivity contribution < 1.29 is 28.5 Å². The van der Waals surface area contributed by atoms with E-state index in [1.165, 1.54) is 19.2 Å². The minimum absolute atomic E-state index is 0.0140. The van der Waals surface area contributed by atoms with Gasteiger partial charge < -0.3 is 19.3 Å². The lowest BCUT2D eigenvalue weighted by Crippen LogP contribution is -2.12. The number of carbonyl (C=O) groups excluding carboxylic acids is 1. The van der Waals surface area contributed by atoms with Gasteiger partial charge in [-0.3, -0.25) is 0 Å². The first-order valence-electron chi connectivity index (χ1n) is 11.3. The lowest BCUT2D eigenvalue weighted by molar-refractivity contribution is -0.138. The summed E-state index contributed by atoms with van der Waals surface area (Å²) in [5.41, 5.74) is 2.01. The molecule has 9 heteroatoms. The van der Waals surface area contributed by atoms with Crippen LogP contribution >= 0.6 is 27.7 Å². The zero-order chi connectivity index (χ0) is 26.4. The Bertz CT molecular complexity index is 1400. The molecule has 1 aliphatic heterocycles. The molecule has 37 heavy (non-hydrogen) atoms. The molecule has 3 aromatic carbocycles. The van der Waals surface area contributed by atoms with E-state index in [1.807, 2.05) is 18.2 Å². The predicted octanol–water partition coefficient (Wildman–Crippen LogP) is 7.37. The molecule has 0 unspecified atom stereocenters. The highest BCUT2D eigenvalue weighted by molar-refractivity contribution is 9.10. The Balaban J connectivity index is 1.66. The van der Waals surface area contributed by atoms with E-state index in [-0.39, 0.29) is 30.4 Å². The van der Waals surface area contributed by atoms with Gasteiger partial charge >= 0.3 is 5.97 Å². The summed E-state index contributed by atoms with van der Waals surface area (Å²) in [5.74, 6) is -0.297. The van der Waals surface area contributed by atoms with E-state index in [0.29, 0.717) is 42.7 Å². The maximum Gasteiger partial charge on any atom is 0.344 e. The van der Waals surface area contributed by atoms with E-state index in [4.69, 9.17) is 14.2 Å². The van der Waals surface area contributed by atoms with Gasteiger partial charge in [-0.05, 0) is 60.5 Å². The Labute approximate surface area is 226 Å². The van der Waals surface area contributed by atoms with Crippen LogP contribution in [0.3, 0.4) is 0 Å². The Kier molecular flexibility index (Phi) is 8.68. The number of thioether (sulfide) groups is 1. The topological polar surface area (TPSA) is 77.4 Å². The van der Waals surface area contributed by atoms with Crippen molar-refractivity contribution in [2.75, 3.05) is 13.7 Å². The molecule has 0 saturated carbocycles. The van der Waals surface area contributed by atoms with E-state index in [9.17, 15) is 14.3 Å². The number of hydrogen-bond donors (Lipinski definition) is 1. The second-order valence-electron chi connectivity index (χ2n) is 7.75. The summed E-state index contributed by atoms with van der Waals surface area (Å²) in [6.07, 6.45) is 1.72. The van der Waals surface area contributed by atoms with Crippen LogP contribution in [0.2, 0.25) is 0 Å². The second kappa shape index (κ2) is 12.1. The molecule has 1 heterocycles. The van der Waals surface area contributed by atoms with Gasteiger partial charge in [0.2, 0.25) is 0 Å². The fraction of sp³-hybridized carbons (Fsp3) is 0.143. The molecule has 0 aliphatic carbocycles. The third kappa shape index (κ3) is 6.42. The molecule has 0 atom stereocenters. The zero-order valence-corrected chi connectivity index (χ0v) is 22.4. The zero-order valence-electron chi connectivity index (χ0n) is 20.0. The third-order valence-corrected chi connectivity index (χ3v) is 6.92. The summed E-state index contributed by atoms with van der Waals surface area (Å²) < 4.78 is 30.7. The van der Waals surface area contributed by atoms with Gasteiger partial charge in [0.05, 0.1) is 24.3 Å². The van der Waals surface area contributed by atoms with Crippen LogP contribution in [0.15, 0.2) is 92.4 Å². The smallest absolute Gasteiger partial charge is 0.344 e. The van der Waals surface area contributed by atoms with E-state index in [0.717, 1.165) is 11.8 Å². The summed E-state index contributed by atoms with van der Waals surface area (Å²) in [5, 5.41) is 11.3. The van der Waals surface area contributed by atoms with Gasteiger partial charge in [-0.2, -0.15) is 0 Å². The highest BCUT2D eigenvalue weighted by Gasteiger charge is 2.33. The van der Waals surface area contributed by atoms with E-state index in [1.54, 1.807) is 49.4 Å². The van der Waals surface area contributed by atoms with Crippen molar-refractivity contribution in [2.45, 2.75) is 13.5 Å². The SMILES string of the molecule is CCOC(=O)C1=C(O)/C(=C/c2cc(OC)c(OCc3cccc(F)c3)cc2Br)SC1=Nc1ccccc1. The first-order valence-corrected chi connectivity index (χ1v) is 12.9. The standard InChI is InChI=1S/C28H23BrFNO5S/c1-3-35-28(33)25-26(32)24(37-27(25)31-20-10-5-4-6-11-20)14-18-13-22(34-2)23(15-21(18)29)36-16-17-8-7-9-19(30)12-17/h4-15,32H,3,16H2,1-2H3/b24-14-,31-27?. The van der Waals surface area contributed by atoms with Crippen molar-refractivity contribution in [3.05, 3.63) is 104 Å². The minimum Gasteiger partial charge on any atom is -0.506 e. The fourth-order valence-electron chi connectivity index (χ4n) is 3.47. The molecule has 0 bridgehead atoms. The lowest BCUT2D eigenvalue weighted by Gasteiger charge is -2.13. The second-order valence-corrected chi connectivity index (χ2v) is 9.64. The highest BCUT2D eigenvalue weighted by Crippen LogP contribution is 2.42. The molecule has 0 fully saturated rings. The number of nitrogens with zero attached hydrogens (tertiary/aromatic N) is 1. The molecule has 0 aromatic heterocycles. The number of aliphatic hydroxyl groups is 1. The number of hydrogen-bond acceptors (Lipinski definition) is 7. The number of halogens is 2. The minimum atomic E-state index is -0.650. The monoisotopic (exact) mass is 583 g/mol. The number of carbonyl (C=O) groups is 1. The molecule has 0 amide bonds. The summed E-state index contributed by atoms with van der Waals surface area (Å²) in [4.78, 5) is 17.6. The average molecular weight is 584 g/mol. The quantitative estimate of drug-likeness (QED) is 0.279. The van der Waals surface area contributed by atoms with E-state index in [2.05, 4.69) is 20.9 Å². The van der Waals surface area contributed by atoms with Gasteiger partial charge in [-0.15, -0.1) is 0 Å². The Morgan fingerprint density at radius 2 is 1.89 bits per heavy atom. The summed E-state index contributed by atoms with van der Waals surface area (Å²) in [6.45, 7) is 2.02. The molecule has 1 N–H and O–H groups in total. The van der Waals surface area contributed by atoms with Gasteiger partial charge in [-0.25, -0.2) is 14.2 Å². The van der Waals surface area contributed by atoms with Crippen LogP contribution < -0.4 is 9.47 Å². The van der Waals surface area contributed by atoms with Gasteiger partial charge in [-0.1, -0.05) is 58.0 Å². The van der Waals surface area contributed by atoms with E-state index < -0.39 is 5.97 Å². The van der Waals surface area contributed by atoms with Crippen LogP contribution in [0.5, 0.6) is 11.5 Å². The van der Waals surface area contributed by atoms with Crippen LogP contribution in [0.1, 0.15) is 18.1 Å². The summed E-state index contributed by atoms with van der Waals surface area (Å²) in [7, 11) is 1.51. The summed E-state index contributed by atoms with van der Waals surface area (Å²) >= 11 is 4.71. The average Bonchev–Trinajstić information content (AvgIpc) is 3.19. The lowest BCUT2D eigenvalue weighted by atomic mass is 10.1. The summed E-state index contributed by atoms with van der Waals surface area (Å²) in [6, 6.07) is 18.8. The van der Waals surface area contributed by atoms with Crippen molar-refractivity contribution in [3.63, 3.8) is 0 Å². The van der Waals surface area contributed by atoms with Crippen molar-refractivity contribution in [2.24, 2.45) is 4.99 Å². The highest BCUT2D eigenvalue weighted by atomic mass is 79.9. The Morgan fingerprint density at radius 3 is 2.59 bits per heavy atom. The number of ether oxygens (including phenoxy) is 3. The molecule has 190 valence electrons. The number of benzene rings is 3. The van der Waals surface area contributed by atoms with Crippen LogP contribution in [-0.4, -0.2) is 29.8 Å². The molecule has 0 spiro atoms. The Morgan fingerprint density at radius 1 is 1.11 bits per heavy atom. The maximum atomic E-state index is 13.5. The van der Waals surface area contributed by atoms with Crippen molar-refractivity contribution >= 4 is 50.5 Å². The van der Waals surface area contributed by atoms with Gasteiger partial charge in [0.1, 0.15) is 28.8 Å². The number of aliphatic hydroxyl groups excluding tert-OH is 1. The number of methoxy groups -OCH3 is 1. The normalized spacial score (nSPS) is 15.4. The van der Waals surface area contributed by atoms with Crippen LogP contribution in [0.25, 0.3) is 6.08 Å². The number of aliphatic imine (C=N–C) groups is 1. The number of para-hydroxylation sites is 1. The molecular formula is C28H23BrFNO5S. The van der Waals surface area contributed by atoms with Crippen LogP contribution in [0.4, 0.5) is 10.1 Å². The third-order valence-electron chi connectivity index (χ3n) is 5.21. The molecule has 4 rings (SSSR count). The van der Waals surface area contributed by atoms with Crippen molar-refractivity contribution in [1.82, 2.24) is 0 Å². The maximum absolute atomic E-state index is 13.5. The largest absolute Gasteiger partial charge is 0.506 e. The van der Waals surface area contributed by atoms with Gasteiger partial charge in [0.15, 0.2) is 11.5 Å². The van der Waals surface area contributed by atoms with Crippen LogP contribution in [0, 0.1) is 5.82 Å². The van der Waals surface area contributed by atoms with Gasteiger partial charge in [0.25, 0.3) is 0 Å². The Hall–Kier alpha value is -3.56. The number of esters is 1. The molecule has 0 radical (unpaired) electrons. The number of rotatable bonds is 8. The molecule has 0 saturated heterocycles. The fourth-order valence-corrected chi connectivity index (χ4v) is 4.94. The van der Waals surface area contributed by atoms with E-state index >= 15 is 0 Å². The van der Waals surface area contributed by atoms with Crippen LogP contribution in [-0.2, 0) is 16.1 Å². The van der Waals surface area contributed by atoms with Gasteiger partial charge in [0, 0.05) is 4.47 Å². The molecule has 3 aromatic rings.